The van der Waals surface area contributed by atoms with E-state index in [1.165, 1.54) is 23.1 Å². The Bertz CT molecular complexity index is 992. The lowest BCUT2D eigenvalue weighted by molar-refractivity contribution is -0.384. The van der Waals surface area contributed by atoms with Crippen LogP contribution in [-0.4, -0.2) is 17.9 Å². The molecule has 136 valence electrons. The van der Waals surface area contributed by atoms with E-state index in [1.54, 1.807) is 43.4 Å². The number of hydrogen-bond acceptors (Lipinski definition) is 4. The van der Waals surface area contributed by atoms with Crippen LogP contribution in [0.5, 0.6) is 11.5 Å². The molecule has 7 heteroatoms. The maximum absolute atomic E-state index is 12.8. The molecule has 1 amide bonds. The van der Waals surface area contributed by atoms with E-state index in [4.69, 9.17) is 16.3 Å². The van der Waals surface area contributed by atoms with E-state index in [9.17, 15) is 14.9 Å². The van der Waals surface area contributed by atoms with Gasteiger partial charge in [0.15, 0.2) is 5.75 Å². The molecule has 3 aromatic carbocycles. The van der Waals surface area contributed by atoms with Crippen molar-refractivity contribution in [3.63, 3.8) is 0 Å². The fourth-order valence-corrected chi connectivity index (χ4v) is 2.71. The molecule has 0 aliphatic heterocycles. The van der Waals surface area contributed by atoms with Gasteiger partial charge in [0.1, 0.15) is 10.8 Å². The molecule has 3 aromatic rings. The van der Waals surface area contributed by atoms with Crippen molar-refractivity contribution in [3.8, 4) is 11.5 Å². The fraction of sp³-hybridized carbons (Fsp3) is 0.0500. The molecule has 0 aromatic heterocycles. The molecule has 0 fully saturated rings. The van der Waals surface area contributed by atoms with Crippen molar-refractivity contribution >= 4 is 28.9 Å². The minimum Gasteiger partial charge on any atom is -0.455 e. The second-order valence-corrected chi connectivity index (χ2v) is 6.08. The molecule has 27 heavy (non-hydrogen) atoms. The first-order valence-corrected chi connectivity index (χ1v) is 8.39. The number of nitrogens with zero attached hydrogens (tertiary/aromatic N) is 2. The first kappa shape index (κ1) is 18.4. The summed E-state index contributed by atoms with van der Waals surface area (Å²) < 4.78 is 5.87. The van der Waals surface area contributed by atoms with Crippen LogP contribution < -0.4 is 9.64 Å². The van der Waals surface area contributed by atoms with Gasteiger partial charge in [-0.2, -0.15) is 0 Å². The number of hydrogen-bond donors (Lipinski definition) is 0. The number of carbonyl (C=O) groups is 1. The Hall–Kier alpha value is -3.38. The van der Waals surface area contributed by atoms with Crippen molar-refractivity contribution in [1.82, 2.24) is 0 Å². The van der Waals surface area contributed by atoms with Crippen LogP contribution >= 0.6 is 11.6 Å². The van der Waals surface area contributed by atoms with E-state index in [1.807, 2.05) is 18.2 Å². The van der Waals surface area contributed by atoms with Crippen LogP contribution in [0, 0.1) is 10.1 Å². The van der Waals surface area contributed by atoms with Gasteiger partial charge < -0.3 is 9.64 Å². The third-order valence-corrected chi connectivity index (χ3v) is 4.21. The fourth-order valence-electron chi connectivity index (χ4n) is 2.52. The summed E-state index contributed by atoms with van der Waals surface area (Å²) in [7, 11) is 1.58. The Morgan fingerprint density at radius 1 is 1.04 bits per heavy atom. The van der Waals surface area contributed by atoms with E-state index in [2.05, 4.69) is 0 Å². The molecule has 6 nitrogen and oxygen atoms in total. The standard InChI is InChI=1S/C20H15ClN2O4/c1-22(20(24)14-11-12-16(21)18(13-14)23(25)26)17-9-5-6-10-19(17)27-15-7-3-2-4-8-15/h2-13H,1H3. The molecular weight excluding hydrogens is 368 g/mol. The molecule has 0 radical (unpaired) electrons. The molecular formula is C20H15ClN2O4. The number of ether oxygens (including phenoxy) is 1. The summed E-state index contributed by atoms with van der Waals surface area (Å²) in [5.41, 5.74) is 0.372. The number of rotatable bonds is 5. The number of para-hydroxylation sites is 3. The van der Waals surface area contributed by atoms with Crippen molar-refractivity contribution in [2.24, 2.45) is 0 Å². The lowest BCUT2D eigenvalue weighted by Gasteiger charge is -2.20. The molecule has 3 rings (SSSR count). The van der Waals surface area contributed by atoms with Gasteiger partial charge in [0.25, 0.3) is 11.6 Å². The van der Waals surface area contributed by atoms with Gasteiger partial charge in [0.05, 0.1) is 10.6 Å². The number of carbonyl (C=O) groups excluding carboxylic acids is 1. The number of amides is 1. The smallest absolute Gasteiger partial charge is 0.288 e. The molecule has 0 saturated heterocycles. The van der Waals surface area contributed by atoms with Crippen LogP contribution in [0.15, 0.2) is 72.8 Å². The maximum atomic E-state index is 12.8. The molecule has 0 aliphatic rings. The molecule has 0 atom stereocenters. The Morgan fingerprint density at radius 3 is 2.41 bits per heavy atom. The molecule has 0 N–H and O–H groups in total. The molecule has 0 spiro atoms. The highest BCUT2D eigenvalue weighted by Gasteiger charge is 2.21. The Morgan fingerprint density at radius 2 is 1.70 bits per heavy atom. The number of nitro groups is 1. The molecule has 0 unspecified atom stereocenters. The Balaban J connectivity index is 1.92. The molecule has 0 heterocycles. The Kier molecular flexibility index (Phi) is 5.38. The highest BCUT2D eigenvalue weighted by molar-refractivity contribution is 6.32. The van der Waals surface area contributed by atoms with Gasteiger partial charge in [0, 0.05) is 18.7 Å². The first-order chi connectivity index (χ1) is 13.0. The van der Waals surface area contributed by atoms with Gasteiger partial charge in [-0.25, -0.2) is 0 Å². The highest BCUT2D eigenvalue weighted by atomic mass is 35.5. The summed E-state index contributed by atoms with van der Waals surface area (Å²) in [5.74, 6) is 0.704. The number of halogens is 1. The lowest BCUT2D eigenvalue weighted by atomic mass is 10.1. The summed E-state index contributed by atoms with van der Waals surface area (Å²) in [4.78, 5) is 24.7. The average Bonchev–Trinajstić information content (AvgIpc) is 2.68. The van der Waals surface area contributed by atoms with Crippen molar-refractivity contribution in [2.45, 2.75) is 0 Å². The zero-order valence-corrected chi connectivity index (χ0v) is 15.1. The summed E-state index contributed by atoms with van der Waals surface area (Å²) in [5, 5.41) is 11.0. The quantitative estimate of drug-likeness (QED) is 0.442. The van der Waals surface area contributed by atoms with Crippen LogP contribution in [0.3, 0.4) is 0 Å². The van der Waals surface area contributed by atoms with Crippen molar-refractivity contribution in [1.29, 1.82) is 0 Å². The van der Waals surface area contributed by atoms with Crippen molar-refractivity contribution in [2.75, 3.05) is 11.9 Å². The first-order valence-electron chi connectivity index (χ1n) is 8.01. The average molecular weight is 383 g/mol. The third kappa shape index (κ3) is 4.07. The highest BCUT2D eigenvalue weighted by Crippen LogP contribution is 2.33. The minimum atomic E-state index is -0.619. The second kappa shape index (κ2) is 7.88. The maximum Gasteiger partial charge on any atom is 0.288 e. The van der Waals surface area contributed by atoms with Crippen LogP contribution in [0.25, 0.3) is 0 Å². The van der Waals surface area contributed by atoms with Crippen molar-refractivity contribution < 1.29 is 14.5 Å². The molecule has 0 saturated carbocycles. The summed E-state index contributed by atoms with van der Waals surface area (Å²) in [6.07, 6.45) is 0. The summed E-state index contributed by atoms with van der Waals surface area (Å²) >= 11 is 5.82. The van der Waals surface area contributed by atoms with Crippen LogP contribution in [0.1, 0.15) is 10.4 Å². The summed E-state index contributed by atoms with van der Waals surface area (Å²) in [6.45, 7) is 0. The van der Waals surface area contributed by atoms with Gasteiger partial charge in [-0.1, -0.05) is 41.9 Å². The summed E-state index contributed by atoms with van der Waals surface area (Å²) in [6, 6.07) is 20.2. The van der Waals surface area contributed by atoms with Gasteiger partial charge in [0.2, 0.25) is 0 Å². The van der Waals surface area contributed by atoms with E-state index in [-0.39, 0.29) is 16.3 Å². The normalized spacial score (nSPS) is 10.3. The van der Waals surface area contributed by atoms with Gasteiger partial charge >= 0.3 is 0 Å². The largest absolute Gasteiger partial charge is 0.455 e. The van der Waals surface area contributed by atoms with Crippen molar-refractivity contribution in [3.05, 3.63) is 93.5 Å². The number of anilines is 1. The van der Waals surface area contributed by atoms with Gasteiger partial charge in [-0.3, -0.25) is 14.9 Å². The topological polar surface area (TPSA) is 72.7 Å². The SMILES string of the molecule is CN(C(=O)c1ccc(Cl)c([N+](=O)[O-])c1)c1ccccc1Oc1ccccc1. The number of nitro benzene ring substituents is 1. The van der Waals surface area contributed by atoms with E-state index in [0.29, 0.717) is 17.2 Å². The lowest BCUT2D eigenvalue weighted by Crippen LogP contribution is -2.26. The molecule has 0 bridgehead atoms. The zero-order valence-electron chi connectivity index (χ0n) is 14.3. The monoisotopic (exact) mass is 382 g/mol. The van der Waals surface area contributed by atoms with E-state index in [0.717, 1.165) is 0 Å². The predicted octanol–water partition coefficient (Wildman–Crippen LogP) is 5.32. The number of benzene rings is 3. The van der Waals surface area contributed by atoms with Gasteiger partial charge in [-0.05, 0) is 36.4 Å². The van der Waals surface area contributed by atoms with Gasteiger partial charge in [-0.15, -0.1) is 0 Å². The van der Waals surface area contributed by atoms with Crippen LogP contribution in [0.2, 0.25) is 5.02 Å². The van der Waals surface area contributed by atoms with Crippen LogP contribution in [0.4, 0.5) is 11.4 Å². The second-order valence-electron chi connectivity index (χ2n) is 5.67. The van der Waals surface area contributed by atoms with E-state index < -0.39 is 10.8 Å². The predicted molar refractivity (Wildman–Crippen MR) is 104 cm³/mol. The molecule has 0 aliphatic carbocycles. The minimum absolute atomic E-state index is 0.0213. The Labute approximate surface area is 160 Å². The third-order valence-electron chi connectivity index (χ3n) is 3.89. The zero-order chi connectivity index (χ0) is 19.4. The van der Waals surface area contributed by atoms with E-state index >= 15 is 0 Å². The van der Waals surface area contributed by atoms with Crippen LogP contribution in [-0.2, 0) is 0 Å².